The molecule has 2 aromatic carbocycles. The average Bonchev–Trinajstić information content (AvgIpc) is 3.41. The van der Waals surface area contributed by atoms with Crippen LogP contribution in [0.25, 0.3) is 0 Å². The number of hydrogen-bond acceptors (Lipinski definition) is 7. The monoisotopic (exact) mass is 526 g/mol. The lowest BCUT2D eigenvalue weighted by Crippen LogP contribution is -2.61. The number of nitrogens with one attached hydrogen (secondary N) is 1. The van der Waals surface area contributed by atoms with E-state index in [1.807, 2.05) is 29.6 Å². The maximum Gasteiger partial charge on any atom is 0.269 e. The van der Waals surface area contributed by atoms with Crippen molar-refractivity contribution in [2.75, 3.05) is 43.1 Å². The van der Waals surface area contributed by atoms with Crippen molar-refractivity contribution in [1.82, 2.24) is 5.32 Å². The van der Waals surface area contributed by atoms with Gasteiger partial charge >= 0.3 is 0 Å². The first kappa shape index (κ1) is 24.4. The summed E-state index contributed by atoms with van der Waals surface area (Å²) in [6.45, 7) is 2.53. The second-order valence-corrected chi connectivity index (χ2v) is 10.5. The fraction of sp³-hybridized carbons (Fsp3) is 0.346. The van der Waals surface area contributed by atoms with Gasteiger partial charge in [0.05, 0.1) is 29.7 Å². The molecule has 2 aliphatic rings. The highest BCUT2D eigenvalue weighted by Crippen LogP contribution is 2.40. The normalized spacial score (nSPS) is 18.8. The maximum atomic E-state index is 13.5. The van der Waals surface area contributed by atoms with Crippen LogP contribution >= 0.6 is 22.9 Å². The summed E-state index contributed by atoms with van der Waals surface area (Å²) in [5.74, 6) is 0.353. The molecule has 10 heteroatoms. The van der Waals surface area contributed by atoms with Crippen LogP contribution in [0, 0.1) is 16.0 Å². The number of thiophene rings is 1. The lowest BCUT2D eigenvalue weighted by Gasteiger charge is -2.49. The van der Waals surface area contributed by atoms with Crippen molar-refractivity contribution in [2.24, 2.45) is 5.92 Å². The Balaban J connectivity index is 1.43. The predicted octanol–water partition coefficient (Wildman–Crippen LogP) is 4.54. The van der Waals surface area contributed by atoms with Crippen LogP contribution in [-0.4, -0.2) is 50.2 Å². The largest absolute Gasteiger partial charge is 0.495 e. The first-order valence-electron chi connectivity index (χ1n) is 11.9. The zero-order valence-electron chi connectivity index (χ0n) is 19.9. The fourth-order valence-electron chi connectivity index (χ4n) is 5.25. The van der Waals surface area contributed by atoms with Gasteiger partial charge in [-0.2, -0.15) is 0 Å². The van der Waals surface area contributed by atoms with Crippen molar-refractivity contribution in [1.29, 1.82) is 0 Å². The van der Waals surface area contributed by atoms with Crippen LogP contribution in [0.3, 0.4) is 0 Å². The lowest BCUT2D eigenvalue weighted by molar-refractivity contribution is -0.384. The van der Waals surface area contributed by atoms with E-state index in [-0.39, 0.29) is 28.5 Å². The Morgan fingerprint density at radius 1 is 1.22 bits per heavy atom. The minimum atomic E-state index is -0.383. The minimum Gasteiger partial charge on any atom is -0.495 e. The van der Waals surface area contributed by atoms with E-state index in [4.69, 9.17) is 16.3 Å². The van der Waals surface area contributed by atoms with Gasteiger partial charge in [0.15, 0.2) is 0 Å². The zero-order chi connectivity index (χ0) is 25.2. The molecule has 5 rings (SSSR count). The standard InChI is InChI=1S/C26H27ClN4O4S/c1-35-25-7-4-18(27)15-23(25)29-10-11-30-22-6-5-19(31(33)34)13-17(22)14-21(24(30)16-29)26(32)28-9-8-20-3-2-12-36-20/h2-7,12-13,15,21,24H,8-11,14,16H2,1H3,(H,28,32). The minimum absolute atomic E-state index is 0.0291. The predicted molar refractivity (Wildman–Crippen MR) is 143 cm³/mol. The molecule has 1 amide bonds. The smallest absolute Gasteiger partial charge is 0.269 e. The first-order chi connectivity index (χ1) is 17.4. The number of piperazine rings is 1. The van der Waals surface area contributed by atoms with Crippen LogP contribution in [0.2, 0.25) is 5.02 Å². The van der Waals surface area contributed by atoms with Crippen LogP contribution in [0.4, 0.5) is 17.1 Å². The molecule has 0 aliphatic carbocycles. The van der Waals surface area contributed by atoms with Crippen LogP contribution < -0.4 is 19.9 Å². The van der Waals surface area contributed by atoms with Gasteiger partial charge in [0, 0.05) is 53.9 Å². The van der Waals surface area contributed by atoms with Gasteiger partial charge in [-0.25, -0.2) is 0 Å². The molecule has 0 saturated carbocycles. The van der Waals surface area contributed by atoms with E-state index < -0.39 is 0 Å². The third-order valence-corrected chi connectivity index (χ3v) is 8.15. The fourth-order valence-corrected chi connectivity index (χ4v) is 6.12. The molecule has 2 aliphatic heterocycles. The van der Waals surface area contributed by atoms with E-state index in [0.29, 0.717) is 37.6 Å². The van der Waals surface area contributed by atoms with Gasteiger partial charge in [0.2, 0.25) is 5.91 Å². The van der Waals surface area contributed by atoms with Gasteiger partial charge in [-0.1, -0.05) is 17.7 Å². The second-order valence-electron chi connectivity index (χ2n) is 9.02. The molecule has 3 aromatic rings. The summed E-state index contributed by atoms with van der Waals surface area (Å²) < 4.78 is 5.59. The molecular weight excluding hydrogens is 500 g/mol. The molecule has 2 atom stereocenters. The van der Waals surface area contributed by atoms with Gasteiger partial charge in [-0.05, 0) is 54.1 Å². The quantitative estimate of drug-likeness (QED) is 0.359. The number of amides is 1. The summed E-state index contributed by atoms with van der Waals surface area (Å²) in [6, 6.07) is 14.5. The van der Waals surface area contributed by atoms with E-state index in [2.05, 4.69) is 21.2 Å². The number of nitro groups is 1. The number of rotatable bonds is 7. The zero-order valence-corrected chi connectivity index (χ0v) is 21.4. The number of non-ortho nitro benzene ring substituents is 1. The molecule has 0 radical (unpaired) electrons. The Hall–Kier alpha value is -3.30. The summed E-state index contributed by atoms with van der Waals surface area (Å²) in [6.07, 6.45) is 1.22. The molecule has 8 nitrogen and oxygen atoms in total. The molecule has 188 valence electrons. The summed E-state index contributed by atoms with van der Waals surface area (Å²) in [7, 11) is 1.64. The average molecular weight is 527 g/mol. The molecule has 1 fully saturated rings. The Bertz CT molecular complexity index is 1270. The molecule has 1 saturated heterocycles. The number of nitro benzene ring substituents is 1. The second kappa shape index (κ2) is 10.4. The van der Waals surface area contributed by atoms with Gasteiger partial charge in [0.1, 0.15) is 5.75 Å². The number of halogens is 1. The van der Waals surface area contributed by atoms with Gasteiger partial charge < -0.3 is 19.9 Å². The van der Waals surface area contributed by atoms with E-state index in [1.165, 1.54) is 4.88 Å². The van der Waals surface area contributed by atoms with Gasteiger partial charge in [-0.15, -0.1) is 11.3 Å². The summed E-state index contributed by atoms with van der Waals surface area (Å²) >= 11 is 7.98. The van der Waals surface area contributed by atoms with Crippen molar-refractivity contribution in [3.8, 4) is 5.75 Å². The van der Waals surface area contributed by atoms with Crippen LogP contribution in [0.5, 0.6) is 5.75 Å². The van der Waals surface area contributed by atoms with E-state index in [0.717, 1.165) is 29.1 Å². The van der Waals surface area contributed by atoms with E-state index in [1.54, 1.807) is 36.6 Å². The van der Waals surface area contributed by atoms with Gasteiger partial charge in [0.25, 0.3) is 5.69 Å². The third kappa shape index (κ3) is 4.85. The maximum absolute atomic E-state index is 13.5. The van der Waals surface area contributed by atoms with Crippen LogP contribution in [-0.2, 0) is 17.6 Å². The molecule has 0 spiro atoms. The SMILES string of the molecule is COc1ccc(Cl)cc1N1CCN2c3ccc([N+](=O)[O-])cc3CC(C(=O)NCCc3cccs3)C2C1. The van der Waals surface area contributed by atoms with Crippen LogP contribution in [0.1, 0.15) is 10.4 Å². The Morgan fingerprint density at radius 3 is 2.83 bits per heavy atom. The lowest BCUT2D eigenvalue weighted by atomic mass is 9.83. The molecule has 1 N–H and O–H groups in total. The first-order valence-corrected chi connectivity index (χ1v) is 13.1. The molecule has 3 heterocycles. The number of fused-ring (bicyclic) bond motifs is 3. The van der Waals surface area contributed by atoms with E-state index >= 15 is 0 Å². The van der Waals surface area contributed by atoms with Crippen molar-refractivity contribution in [2.45, 2.75) is 18.9 Å². The Labute approximate surface area is 218 Å². The van der Waals surface area contributed by atoms with Crippen molar-refractivity contribution in [3.63, 3.8) is 0 Å². The number of hydrogen-bond donors (Lipinski definition) is 1. The van der Waals surface area contributed by atoms with Crippen molar-refractivity contribution < 1.29 is 14.5 Å². The number of benzene rings is 2. The highest BCUT2D eigenvalue weighted by molar-refractivity contribution is 7.09. The Morgan fingerprint density at radius 2 is 2.08 bits per heavy atom. The van der Waals surface area contributed by atoms with Crippen molar-refractivity contribution >= 4 is 45.9 Å². The molecule has 1 aromatic heterocycles. The van der Waals surface area contributed by atoms with Gasteiger partial charge in [-0.3, -0.25) is 14.9 Å². The number of anilines is 2. The summed E-state index contributed by atoms with van der Waals surface area (Å²) in [5, 5.41) is 17.2. The molecule has 2 unspecified atom stereocenters. The van der Waals surface area contributed by atoms with Crippen molar-refractivity contribution in [3.05, 3.63) is 79.5 Å². The summed E-state index contributed by atoms with van der Waals surface area (Å²) in [5.41, 5.74) is 2.75. The number of carbonyl (C=O) groups excluding carboxylic acids is 1. The number of methoxy groups -OCH3 is 1. The number of ether oxygens (including phenoxy) is 1. The highest BCUT2D eigenvalue weighted by Gasteiger charge is 2.42. The van der Waals surface area contributed by atoms with Crippen LogP contribution in [0.15, 0.2) is 53.9 Å². The van der Waals surface area contributed by atoms with E-state index in [9.17, 15) is 14.9 Å². The number of carbonyl (C=O) groups is 1. The number of nitrogens with zero attached hydrogens (tertiary/aromatic N) is 3. The summed E-state index contributed by atoms with van der Waals surface area (Å²) in [4.78, 5) is 30.2. The topological polar surface area (TPSA) is 87.9 Å². The molecule has 36 heavy (non-hydrogen) atoms. The molecule has 0 bridgehead atoms. The third-order valence-electron chi connectivity index (χ3n) is 6.98. The molecular formula is C26H27ClN4O4S. The Kier molecular flexibility index (Phi) is 7.02. The highest BCUT2D eigenvalue weighted by atomic mass is 35.5.